The van der Waals surface area contributed by atoms with E-state index in [1.165, 1.54) is 18.5 Å². The number of rotatable bonds is 6. The van der Waals surface area contributed by atoms with Crippen molar-refractivity contribution in [2.45, 2.75) is 39.0 Å². The Kier molecular flexibility index (Phi) is 5.33. The van der Waals surface area contributed by atoms with Gasteiger partial charge in [0.05, 0.1) is 5.41 Å². The summed E-state index contributed by atoms with van der Waals surface area (Å²) in [4.78, 5) is 9.94. The summed E-state index contributed by atoms with van der Waals surface area (Å²) in [7, 11) is 0. The van der Waals surface area contributed by atoms with E-state index in [0.717, 1.165) is 50.9 Å². The number of hydrogen-bond acceptors (Lipinski definition) is 5. The van der Waals surface area contributed by atoms with Crippen LogP contribution in [0.25, 0.3) is 0 Å². The van der Waals surface area contributed by atoms with Gasteiger partial charge in [0.1, 0.15) is 0 Å². The lowest BCUT2D eigenvalue weighted by atomic mass is 9.73. The lowest BCUT2D eigenvalue weighted by Gasteiger charge is -2.42. The van der Waals surface area contributed by atoms with E-state index in [1.807, 2.05) is 6.92 Å². The second-order valence-corrected chi connectivity index (χ2v) is 8.89. The molecule has 0 bridgehead atoms. The maximum atomic E-state index is 5.76. The molecule has 1 aromatic heterocycles. The van der Waals surface area contributed by atoms with Crippen molar-refractivity contribution in [3.05, 3.63) is 47.6 Å². The number of aromatic nitrogens is 2. The van der Waals surface area contributed by atoms with E-state index in [4.69, 9.17) is 9.51 Å². The highest BCUT2D eigenvalue weighted by atomic mass is 16.5. The Hall–Kier alpha value is -1.72. The molecule has 2 aliphatic rings. The SMILES string of the molecule is Cc1noc([C@]23CN(CCc4ccccc4)CC[C@H]2CN(CC(C)C)C3)n1. The predicted octanol–water partition coefficient (Wildman–Crippen LogP) is 3.15. The van der Waals surface area contributed by atoms with Gasteiger partial charge in [-0.2, -0.15) is 4.98 Å². The summed E-state index contributed by atoms with van der Waals surface area (Å²) in [5.41, 5.74) is 1.40. The molecule has 146 valence electrons. The number of piperidine rings is 1. The average molecular weight is 369 g/mol. The van der Waals surface area contributed by atoms with Crippen LogP contribution in [0, 0.1) is 18.8 Å². The first-order valence-electron chi connectivity index (χ1n) is 10.3. The maximum Gasteiger partial charge on any atom is 0.235 e. The highest BCUT2D eigenvalue weighted by Crippen LogP contribution is 2.44. The Morgan fingerprint density at radius 3 is 2.67 bits per heavy atom. The Labute approximate surface area is 162 Å². The van der Waals surface area contributed by atoms with Gasteiger partial charge in [-0.05, 0) is 43.7 Å². The molecular weight excluding hydrogens is 336 g/mol. The molecule has 0 spiro atoms. The van der Waals surface area contributed by atoms with E-state index < -0.39 is 0 Å². The van der Waals surface area contributed by atoms with Crippen molar-refractivity contribution < 1.29 is 4.52 Å². The molecule has 1 aromatic carbocycles. The second kappa shape index (κ2) is 7.72. The van der Waals surface area contributed by atoms with Gasteiger partial charge in [0.2, 0.25) is 5.89 Å². The second-order valence-electron chi connectivity index (χ2n) is 8.89. The fraction of sp³-hybridized carbons (Fsp3) is 0.636. The van der Waals surface area contributed by atoms with E-state index in [9.17, 15) is 0 Å². The molecule has 5 heteroatoms. The minimum absolute atomic E-state index is 0.00884. The minimum Gasteiger partial charge on any atom is -0.339 e. The van der Waals surface area contributed by atoms with E-state index in [0.29, 0.717) is 11.8 Å². The number of fused-ring (bicyclic) bond motifs is 1. The maximum absolute atomic E-state index is 5.76. The molecule has 0 amide bonds. The Morgan fingerprint density at radius 2 is 1.96 bits per heavy atom. The standard InChI is InChI=1S/C22H32N4O/c1-17(2)13-26-14-20-10-12-25(11-9-19-7-5-4-6-8-19)15-22(20,16-26)21-23-18(3)24-27-21/h4-8,17,20H,9-16H2,1-3H3/t20-,22-/m0/s1. The zero-order valence-electron chi connectivity index (χ0n) is 16.9. The van der Waals surface area contributed by atoms with Crippen molar-refractivity contribution in [1.82, 2.24) is 19.9 Å². The lowest BCUT2D eigenvalue weighted by molar-refractivity contribution is 0.0935. The molecule has 0 radical (unpaired) electrons. The molecule has 0 aliphatic carbocycles. The summed E-state index contributed by atoms with van der Waals surface area (Å²) in [5.74, 6) is 2.91. The quantitative estimate of drug-likeness (QED) is 0.784. The van der Waals surface area contributed by atoms with E-state index >= 15 is 0 Å². The van der Waals surface area contributed by atoms with Crippen molar-refractivity contribution in [2.75, 3.05) is 39.3 Å². The van der Waals surface area contributed by atoms with Crippen LogP contribution in [0.1, 0.15) is 37.5 Å². The monoisotopic (exact) mass is 368 g/mol. The molecule has 2 aromatic rings. The third kappa shape index (κ3) is 3.94. The van der Waals surface area contributed by atoms with Gasteiger partial charge in [-0.25, -0.2) is 0 Å². The largest absolute Gasteiger partial charge is 0.339 e. The molecule has 0 N–H and O–H groups in total. The average Bonchev–Trinajstić information content (AvgIpc) is 3.24. The highest BCUT2D eigenvalue weighted by molar-refractivity contribution is 5.19. The van der Waals surface area contributed by atoms with Gasteiger partial charge in [-0.1, -0.05) is 49.3 Å². The fourth-order valence-corrected chi connectivity index (χ4v) is 5.03. The van der Waals surface area contributed by atoms with Crippen molar-refractivity contribution in [3.63, 3.8) is 0 Å². The number of hydrogen-bond donors (Lipinski definition) is 0. The summed E-state index contributed by atoms with van der Waals surface area (Å²) < 4.78 is 5.76. The molecule has 2 saturated heterocycles. The van der Waals surface area contributed by atoms with Crippen molar-refractivity contribution in [3.8, 4) is 0 Å². The summed E-state index contributed by atoms with van der Waals surface area (Å²) in [6.07, 6.45) is 2.31. The van der Waals surface area contributed by atoms with Gasteiger partial charge < -0.3 is 14.3 Å². The highest BCUT2D eigenvalue weighted by Gasteiger charge is 2.54. The Balaban J connectivity index is 1.52. The van der Waals surface area contributed by atoms with Crippen molar-refractivity contribution >= 4 is 0 Å². The van der Waals surface area contributed by atoms with Gasteiger partial charge >= 0.3 is 0 Å². The van der Waals surface area contributed by atoms with Crippen LogP contribution in [-0.2, 0) is 11.8 Å². The van der Waals surface area contributed by atoms with Crippen LogP contribution >= 0.6 is 0 Å². The molecule has 2 atom stereocenters. The molecule has 5 nitrogen and oxygen atoms in total. The van der Waals surface area contributed by atoms with E-state index in [1.54, 1.807) is 0 Å². The zero-order valence-corrected chi connectivity index (χ0v) is 16.9. The summed E-state index contributed by atoms with van der Waals surface area (Å²) in [5, 5.41) is 4.13. The molecular formula is C22H32N4O. The number of nitrogens with zero attached hydrogens (tertiary/aromatic N) is 4. The number of benzene rings is 1. The van der Waals surface area contributed by atoms with E-state index in [2.05, 4.69) is 59.1 Å². The summed E-state index contributed by atoms with van der Waals surface area (Å²) >= 11 is 0. The van der Waals surface area contributed by atoms with Crippen LogP contribution in [0.5, 0.6) is 0 Å². The molecule has 0 saturated carbocycles. The predicted molar refractivity (Wildman–Crippen MR) is 107 cm³/mol. The molecule has 2 aliphatic heterocycles. The Morgan fingerprint density at radius 1 is 1.19 bits per heavy atom. The first-order valence-corrected chi connectivity index (χ1v) is 10.3. The third-order valence-corrected chi connectivity index (χ3v) is 6.20. The van der Waals surface area contributed by atoms with Gasteiger partial charge in [-0.15, -0.1) is 0 Å². The molecule has 3 heterocycles. The van der Waals surface area contributed by atoms with Gasteiger partial charge in [0, 0.05) is 32.7 Å². The summed E-state index contributed by atoms with van der Waals surface area (Å²) in [6, 6.07) is 10.8. The summed E-state index contributed by atoms with van der Waals surface area (Å²) in [6.45, 7) is 13.2. The molecule has 2 fully saturated rings. The number of aryl methyl sites for hydroxylation is 1. The third-order valence-electron chi connectivity index (χ3n) is 6.20. The zero-order chi connectivity index (χ0) is 18.9. The van der Waals surface area contributed by atoms with Crippen molar-refractivity contribution in [2.24, 2.45) is 11.8 Å². The van der Waals surface area contributed by atoms with Crippen LogP contribution in [0.2, 0.25) is 0 Å². The minimum atomic E-state index is -0.00884. The topological polar surface area (TPSA) is 45.4 Å². The molecule has 27 heavy (non-hydrogen) atoms. The van der Waals surface area contributed by atoms with Crippen LogP contribution in [-0.4, -0.2) is 59.2 Å². The van der Waals surface area contributed by atoms with Gasteiger partial charge in [-0.3, -0.25) is 0 Å². The smallest absolute Gasteiger partial charge is 0.235 e. The first-order chi connectivity index (χ1) is 13.0. The van der Waals surface area contributed by atoms with Crippen LogP contribution in [0.15, 0.2) is 34.9 Å². The fourth-order valence-electron chi connectivity index (χ4n) is 5.03. The van der Waals surface area contributed by atoms with E-state index in [-0.39, 0.29) is 5.41 Å². The van der Waals surface area contributed by atoms with Gasteiger partial charge in [0.15, 0.2) is 5.82 Å². The lowest BCUT2D eigenvalue weighted by Crippen LogP contribution is -2.52. The van der Waals surface area contributed by atoms with Gasteiger partial charge in [0.25, 0.3) is 0 Å². The van der Waals surface area contributed by atoms with Crippen molar-refractivity contribution in [1.29, 1.82) is 0 Å². The first kappa shape index (κ1) is 18.6. The van der Waals surface area contributed by atoms with Crippen LogP contribution < -0.4 is 0 Å². The van der Waals surface area contributed by atoms with Crippen LogP contribution in [0.4, 0.5) is 0 Å². The number of likely N-dealkylation sites (tertiary alicyclic amines) is 2. The Bertz CT molecular complexity index is 744. The normalized spacial score (nSPS) is 26.6. The molecule has 4 rings (SSSR count). The molecule has 0 unspecified atom stereocenters. The van der Waals surface area contributed by atoms with Crippen LogP contribution in [0.3, 0.4) is 0 Å².